The molecular weight excluding hydrogens is 260 g/mol. The maximum Gasteiger partial charge on any atom is 0.337 e. The first-order valence-corrected chi connectivity index (χ1v) is 6.26. The lowest BCUT2D eigenvalue weighted by molar-refractivity contribution is -0.139. The van der Waals surface area contributed by atoms with Crippen molar-refractivity contribution in [1.82, 2.24) is 0 Å². The van der Waals surface area contributed by atoms with E-state index in [1.165, 1.54) is 12.2 Å². The number of hydrogen-bond acceptors (Lipinski definition) is 5. The molecule has 0 saturated carbocycles. The molecule has 1 aromatic carbocycles. The summed E-state index contributed by atoms with van der Waals surface area (Å²) in [5, 5.41) is 18.5. The molecule has 1 aliphatic carbocycles. The SMILES string of the molecule is O=C(OCCOc1ccccc1)C1=CCC(O)(O)C=C1. The van der Waals surface area contributed by atoms with E-state index in [0.717, 1.165) is 6.08 Å². The van der Waals surface area contributed by atoms with E-state index in [-0.39, 0.29) is 19.6 Å². The van der Waals surface area contributed by atoms with Crippen LogP contribution in [0, 0.1) is 0 Å². The summed E-state index contributed by atoms with van der Waals surface area (Å²) in [6.07, 6.45) is 3.89. The molecule has 0 unspecified atom stereocenters. The van der Waals surface area contributed by atoms with Crippen LogP contribution in [0.25, 0.3) is 0 Å². The second kappa shape index (κ2) is 6.36. The Labute approximate surface area is 116 Å². The van der Waals surface area contributed by atoms with Gasteiger partial charge in [0.25, 0.3) is 0 Å². The van der Waals surface area contributed by atoms with E-state index in [1.807, 2.05) is 30.3 Å². The van der Waals surface area contributed by atoms with Crippen molar-refractivity contribution in [2.45, 2.75) is 12.2 Å². The van der Waals surface area contributed by atoms with Gasteiger partial charge in [-0.2, -0.15) is 0 Å². The van der Waals surface area contributed by atoms with Gasteiger partial charge in [-0.15, -0.1) is 0 Å². The van der Waals surface area contributed by atoms with Crippen LogP contribution in [-0.2, 0) is 9.53 Å². The van der Waals surface area contributed by atoms with Crippen LogP contribution in [0.3, 0.4) is 0 Å². The molecule has 0 bridgehead atoms. The van der Waals surface area contributed by atoms with Gasteiger partial charge in [0, 0.05) is 6.42 Å². The van der Waals surface area contributed by atoms with Crippen molar-refractivity contribution in [3.63, 3.8) is 0 Å². The van der Waals surface area contributed by atoms with E-state index in [1.54, 1.807) is 0 Å². The summed E-state index contributed by atoms with van der Waals surface area (Å²) in [6, 6.07) is 9.23. The number of carbonyl (C=O) groups is 1. The zero-order valence-electron chi connectivity index (χ0n) is 10.9. The molecule has 0 spiro atoms. The third-order valence-electron chi connectivity index (χ3n) is 2.72. The minimum atomic E-state index is -1.87. The Bertz CT molecular complexity index is 516. The first-order chi connectivity index (χ1) is 9.57. The van der Waals surface area contributed by atoms with E-state index in [2.05, 4.69) is 0 Å². The Balaban J connectivity index is 1.71. The van der Waals surface area contributed by atoms with Gasteiger partial charge in [0.05, 0.1) is 5.57 Å². The fourth-order valence-corrected chi connectivity index (χ4v) is 1.66. The Kier molecular flexibility index (Phi) is 4.55. The highest BCUT2D eigenvalue weighted by molar-refractivity contribution is 5.91. The maximum absolute atomic E-state index is 11.7. The van der Waals surface area contributed by atoms with Gasteiger partial charge in [-0.3, -0.25) is 0 Å². The Morgan fingerprint density at radius 1 is 1.20 bits per heavy atom. The number of ether oxygens (including phenoxy) is 2. The lowest BCUT2D eigenvalue weighted by Gasteiger charge is -2.19. The van der Waals surface area contributed by atoms with Gasteiger partial charge >= 0.3 is 5.97 Å². The molecule has 0 atom stereocenters. The highest BCUT2D eigenvalue weighted by Crippen LogP contribution is 2.18. The van der Waals surface area contributed by atoms with Crippen LogP contribution in [0.2, 0.25) is 0 Å². The van der Waals surface area contributed by atoms with Crippen molar-refractivity contribution in [3.05, 3.63) is 54.1 Å². The minimum Gasteiger partial charge on any atom is -0.490 e. The van der Waals surface area contributed by atoms with Crippen molar-refractivity contribution < 1.29 is 24.5 Å². The zero-order valence-corrected chi connectivity index (χ0v) is 10.9. The second-order valence-electron chi connectivity index (χ2n) is 4.37. The Morgan fingerprint density at radius 2 is 1.95 bits per heavy atom. The number of aliphatic hydroxyl groups is 2. The smallest absolute Gasteiger partial charge is 0.337 e. The molecule has 0 fully saturated rings. The molecule has 5 heteroatoms. The molecule has 5 nitrogen and oxygen atoms in total. The van der Waals surface area contributed by atoms with Gasteiger partial charge in [-0.05, 0) is 24.3 Å². The average Bonchev–Trinajstić information content (AvgIpc) is 2.44. The molecule has 0 saturated heterocycles. The topological polar surface area (TPSA) is 76.0 Å². The first-order valence-electron chi connectivity index (χ1n) is 6.26. The molecule has 0 amide bonds. The predicted molar refractivity (Wildman–Crippen MR) is 71.9 cm³/mol. The number of rotatable bonds is 5. The summed E-state index contributed by atoms with van der Waals surface area (Å²) < 4.78 is 10.4. The molecule has 20 heavy (non-hydrogen) atoms. The fraction of sp³-hybridized carbons (Fsp3) is 0.267. The first kappa shape index (κ1) is 14.3. The zero-order chi connectivity index (χ0) is 14.4. The van der Waals surface area contributed by atoms with E-state index in [9.17, 15) is 15.0 Å². The number of benzene rings is 1. The van der Waals surface area contributed by atoms with E-state index < -0.39 is 11.8 Å². The van der Waals surface area contributed by atoms with Crippen molar-refractivity contribution in [2.75, 3.05) is 13.2 Å². The van der Waals surface area contributed by atoms with Crippen molar-refractivity contribution in [2.24, 2.45) is 0 Å². The molecule has 2 N–H and O–H groups in total. The average molecular weight is 276 g/mol. The minimum absolute atomic E-state index is 0.0333. The summed E-state index contributed by atoms with van der Waals surface area (Å²) in [4.78, 5) is 11.7. The molecule has 0 radical (unpaired) electrons. The van der Waals surface area contributed by atoms with Gasteiger partial charge in [0.2, 0.25) is 0 Å². The van der Waals surface area contributed by atoms with Crippen LogP contribution in [0.1, 0.15) is 6.42 Å². The molecular formula is C15H16O5. The van der Waals surface area contributed by atoms with Gasteiger partial charge in [0.15, 0.2) is 5.79 Å². The lowest BCUT2D eigenvalue weighted by atomic mass is 10.0. The van der Waals surface area contributed by atoms with Crippen LogP contribution < -0.4 is 4.74 Å². The van der Waals surface area contributed by atoms with Gasteiger partial charge in [0.1, 0.15) is 19.0 Å². The lowest BCUT2D eigenvalue weighted by Crippen LogP contribution is -2.27. The Hall–Kier alpha value is -2.11. The summed E-state index contributed by atoms with van der Waals surface area (Å²) in [6.45, 7) is 0.388. The van der Waals surface area contributed by atoms with Crippen molar-refractivity contribution in [3.8, 4) is 5.75 Å². The second-order valence-corrected chi connectivity index (χ2v) is 4.37. The van der Waals surface area contributed by atoms with Crippen LogP contribution >= 0.6 is 0 Å². The fourth-order valence-electron chi connectivity index (χ4n) is 1.66. The van der Waals surface area contributed by atoms with Crippen LogP contribution in [0.4, 0.5) is 0 Å². The summed E-state index contributed by atoms with van der Waals surface area (Å²) in [5.74, 6) is -1.67. The molecule has 0 heterocycles. The summed E-state index contributed by atoms with van der Waals surface area (Å²) >= 11 is 0. The third-order valence-corrected chi connectivity index (χ3v) is 2.72. The quantitative estimate of drug-likeness (QED) is 0.480. The molecule has 0 aromatic heterocycles. The molecule has 2 rings (SSSR count). The molecule has 0 aliphatic heterocycles. The molecule has 106 valence electrons. The number of esters is 1. The van der Waals surface area contributed by atoms with E-state index in [0.29, 0.717) is 11.3 Å². The highest BCUT2D eigenvalue weighted by Gasteiger charge is 2.23. The van der Waals surface area contributed by atoms with Crippen LogP contribution in [0.5, 0.6) is 5.75 Å². The summed E-state index contributed by atoms with van der Waals surface area (Å²) in [5.41, 5.74) is 0.309. The van der Waals surface area contributed by atoms with E-state index in [4.69, 9.17) is 9.47 Å². The standard InChI is InChI=1S/C15H16O5/c16-14(12-6-8-15(17,18)9-7-12)20-11-10-19-13-4-2-1-3-5-13/h1-8,17-18H,9-11H2. The van der Waals surface area contributed by atoms with Crippen molar-refractivity contribution in [1.29, 1.82) is 0 Å². The van der Waals surface area contributed by atoms with Crippen LogP contribution in [0.15, 0.2) is 54.1 Å². The molecule has 1 aromatic rings. The predicted octanol–water partition coefficient (Wildman–Crippen LogP) is 1.18. The maximum atomic E-state index is 11.7. The largest absolute Gasteiger partial charge is 0.490 e. The van der Waals surface area contributed by atoms with Crippen molar-refractivity contribution >= 4 is 5.97 Å². The van der Waals surface area contributed by atoms with Gasteiger partial charge in [-0.1, -0.05) is 24.3 Å². The van der Waals surface area contributed by atoms with Gasteiger partial charge in [-0.25, -0.2) is 4.79 Å². The van der Waals surface area contributed by atoms with Crippen LogP contribution in [-0.4, -0.2) is 35.2 Å². The number of para-hydroxylation sites is 1. The number of hydrogen-bond donors (Lipinski definition) is 2. The Morgan fingerprint density at radius 3 is 2.60 bits per heavy atom. The van der Waals surface area contributed by atoms with E-state index >= 15 is 0 Å². The third kappa shape index (κ3) is 4.22. The molecule has 1 aliphatic rings. The highest BCUT2D eigenvalue weighted by atomic mass is 16.6. The summed E-state index contributed by atoms with van der Waals surface area (Å²) in [7, 11) is 0. The van der Waals surface area contributed by atoms with Gasteiger partial charge < -0.3 is 19.7 Å². The monoisotopic (exact) mass is 276 g/mol. The normalized spacial score (nSPS) is 16.4. The number of carbonyl (C=O) groups excluding carboxylic acids is 1.